The van der Waals surface area contributed by atoms with E-state index in [1.54, 1.807) is 0 Å². The minimum Gasteiger partial charge on any atom is -0.355 e. The number of ether oxygens (including phenoxy) is 2. The fourth-order valence-corrected chi connectivity index (χ4v) is 4.14. The van der Waals surface area contributed by atoms with Crippen molar-refractivity contribution >= 4 is 5.78 Å². The molecule has 1 aliphatic heterocycles. The Kier molecular flexibility index (Phi) is 1.71. The molecule has 3 heteroatoms. The molecule has 3 nitrogen and oxygen atoms in total. The van der Waals surface area contributed by atoms with E-state index in [0.29, 0.717) is 31.5 Å². The van der Waals surface area contributed by atoms with Gasteiger partial charge < -0.3 is 9.47 Å². The van der Waals surface area contributed by atoms with E-state index in [0.717, 1.165) is 18.4 Å². The third-order valence-corrected chi connectivity index (χ3v) is 5.16. The fourth-order valence-electron chi connectivity index (χ4n) is 4.14. The van der Waals surface area contributed by atoms with E-state index in [9.17, 15) is 4.79 Å². The predicted octanol–water partition coefficient (Wildman–Crippen LogP) is 1.98. The third-order valence-electron chi connectivity index (χ3n) is 5.16. The first-order valence-corrected chi connectivity index (χ1v) is 6.35. The summed E-state index contributed by atoms with van der Waals surface area (Å²) in [6, 6.07) is 0. The van der Waals surface area contributed by atoms with Crippen molar-refractivity contribution < 1.29 is 14.3 Å². The Labute approximate surface area is 100 Å². The van der Waals surface area contributed by atoms with Gasteiger partial charge in [-0.1, -0.05) is 17.7 Å². The molecule has 90 valence electrons. The van der Waals surface area contributed by atoms with Crippen LogP contribution in [0.15, 0.2) is 23.3 Å². The first-order chi connectivity index (χ1) is 8.17. The molecule has 17 heavy (non-hydrogen) atoms. The molecule has 0 saturated carbocycles. The first-order valence-electron chi connectivity index (χ1n) is 6.35. The minimum absolute atomic E-state index is 0.0544. The number of carbonyl (C=O) groups is 1. The van der Waals surface area contributed by atoms with Crippen LogP contribution in [0.3, 0.4) is 0 Å². The van der Waals surface area contributed by atoms with E-state index in [-0.39, 0.29) is 11.0 Å². The molecule has 0 aromatic rings. The van der Waals surface area contributed by atoms with Crippen LogP contribution in [0.25, 0.3) is 0 Å². The number of carbonyl (C=O) groups excluding carboxylic acids is 1. The molecule has 4 aliphatic rings. The Morgan fingerprint density at radius 1 is 1.35 bits per heavy atom. The average molecular weight is 232 g/mol. The van der Waals surface area contributed by atoms with Crippen molar-refractivity contribution in [1.82, 2.24) is 0 Å². The van der Waals surface area contributed by atoms with E-state index < -0.39 is 0 Å². The number of rotatable bonds is 0. The van der Waals surface area contributed by atoms with Crippen LogP contribution < -0.4 is 0 Å². The lowest BCUT2D eigenvalue weighted by Gasteiger charge is -2.60. The highest BCUT2D eigenvalue weighted by Gasteiger charge is 2.63. The summed E-state index contributed by atoms with van der Waals surface area (Å²) in [6.45, 7) is 3.31. The lowest BCUT2D eigenvalue weighted by Crippen LogP contribution is -2.63. The summed E-state index contributed by atoms with van der Waals surface area (Å²) in [6.07, 6.45) is 6.87. The average Bonchev–Trinajstić information content (AvgIpc) is 2.69. The molecule has 1 saturated heterocycles. The number of hydrogen-bond donors (Lipinski definition) is 0. The Balaban J connectivity index is 1.89. The van der Waals surface area contributed by atoms with Crippen LogP contribution in [0.2, 0.25) is 0 Å². The second-order valence-electron chi connectivity index (χ2n) is 5.74. The van der Waals surface area contributed by atoms with Crippen LogP contribution in [0.5, 0.6) is 0 Å². The van der Waals surface area contributed by atoms with E-state index in [2.05, 4.69) is 19.1 Å². The van der Waals surface area contributed by atoms with Gasteiger partial charge in [0.2, 0.25) is 0 Å². The van der Waals surface area contributed by atoms with E-state index in [1.807, 2.05) is 0 Å². The normalized spacial score (nSPS) is 47.4. The summed E-state index contributed by atoms with van der Waals surface area (Å²) < 4.78 is 11.4. The molecule has 1 heterocycles. The molecule has 2 unspecified atom stereocenters. The maximum Gasteiger partial charge on any atom is 0.159 e. The zero-order valence-corrected chi connectivity index (χ0v) is 9.99. The quantitative estimate of drug-likeness (QED) is 0.599. The van der Waals surface area contributed by atoms with Gasteiger partial charge in [-0.25, -0.2) is 0 Å². The van der Waals surface area contributed by atoms with Gasteiger partial charge >= 0.3 is 0 Å². The Morgan fingerprint density at radius 2 is 2.24 bits per heavy atom. The minimum atomic E-state index is -0.186. The van der Waals surface area contributed by atoms with Gasteiger partial charge in [-0.2, -0.15) is 0 Å². The molecular weight excluding hydrogens is 216 g/mol. The molecule has 3 atom stereocenters. The van der Waals surface area contributed by atoms with Gasteiger partial charge in [0.1, 0.15) is 12.4 Å². The Hall–Kier alpha value is -0.930. The van der Waals surface area contributed by atoms with Crippen molar-refractivity contribution in [2.75, 3.05) is 13.4 Å². The summed E-state index contributed by atoms with van der Waals surface area (Å²) >= 11 is 0. The van der Waals surface area contributed by atoms with Crippen LogP contribution in [0.4, 0.5) is 0 Å². The molecule has 4 rings (SSSR count). The molecule has 0 aromatic heterocycles. The molecule has 0 aromatic carbocycles. The predicted molar refractivity (Wildman–Crippen MR) is 61.3 cm³/mol. The summed E-state index contributed by atoms with van der Waals surface area (Å²) in [4.78, 5) is 11.9. The largest absolute Gasteiger partial charge is 0.355 e. The number of allylic oxidation sites excluding steroid dienone is 1. The van der Waals surface area contributed by atoms with Gasteiger partial charge in [0, 0.05) is 17.8 Å². The number of ketones is 1. The van der Waals surface area contributed by atoms with Crippen molar-refractivity contribution in [3.8, 4) is 0 Å². The highest BCUT2D eigenvalue weighted by Crippen LogP contribution is 2.63. The summed E-state index contributed by atoms with van der Waals surface area (Å²) in [5.74, 6) is 0.660. The first kappa shape index (κ1) is 10.0. The van der Waals surface area contributed by atoms with Gasteiger partial charge in [-0.05, 0) is 25.3 Å². The van der Waals surface area contributed by atoms with Crippen molar-refractivity contribution in [3.05, 3.63) is 23.3 Å². The standard InChI is InChI=1S/C14H16O3/c1-13-4-5-14(13)9(7-16-8-17-14)6-10-11(13)2-3-12(10)15/h4-5,9H,2-3,6-8H2,1H3/t9-,13?,14?/m0/s1. The number of hydrogen-bond acceptors (Lipinski definition) is 3. The summed E-state index contributed by atoms with van der Waals surface area (Å²) in [7, 11) is 0. The lowest BCUT2D eigenvalue weighted by atomic mass is 9.51. The van der Waals surface area contributed by atoms with Gasteiger partial charge in [0.05, 0.1) is 6.61 Å². The Bertz CT molecular complexity index is 476. The molecular formula is C14H16O3. The van der Waals surface area contributed by atoms with Crippen molar-refractivity contribution in [3.63, 3.8) is 0 Å². The second kappa shape index (κ2) is 2.90. The molecule has 0 N–H and O–H groups in total. The smallest absolute Gasteiger partial charge is 0.159 e. The molecule has 0 bridgehead atoms. The monoisotopic (exact) mass is 232 g/mol. The second-order valence-corrected chi connectivity index (χ2v) is 5.74. The molecule has 1 fully saturated rings. The van der Waals surface area contributed by atoms with E-state index >= 15 is 0 Å². The topological polar surface area (TPSA) is 35.5 Å². The van der Waals surface area contributed by atoms with Gasteiger partial charge in [-0.15, -0.1) is 0 Å². The lowest BCUT2D eigenvalue weighted by molar-refractivity contribution is -0.244. The van der Waals surface area contributed by atoms with Crippen LogP contribution in [0, 0.1) is 11.3 Å². The Morgan fingerprint density at radius 3 is 3.00 bits per heavy atom. The molecule has 0 amide bonds. The van der Waals surface area contributed by atoms with E-state index in [1.165, 1.54) is 5.57 Å². The van der Waals surface area contributed by atoms with Crippen molar-refractivity contribution in [1.29, 1.82) is 0 Å². The number of fused-ring (bicyclic) bond motifs is 1. The van der Waals surface area contributed by atoms with Crippen molar-refractivity contribution in [2.24, 2.45) is 11.3 Å². The number of Topliss-reactive ketones (excluding diaryl/α,β-unsaturated/α-hetero) is 1. The van der Waals surface area contributed by atoms with Crippen LogP contribution in [-0.4, -0.2) is 24.8 Å². The molecule has 3 aliphatic carbocycles. The zero-order chi connectivity index (χ0) is 11.7. The summed E-state index contributed by atoms with van der Waals surface area (Å²) in [5.41, 5.74) is 2.17. The highest BCUT2D eigenvalue weighted by atomic mass is 16.7. The maximum absolute atomic E-state index is 11.9. The zero-order valence-electron chi connectivity index (χ0n) is 9.99. The van der Waals surface area contributed by atoms with Crippen LogP contribution >= 0.6 is 0 Å². The third kappa shape index (κ3) is 0.949. The van der Waals surface area contributed by atoms with Gasteiger partial charge in [0.15, 0.2) is 5.78 Å². The van der Waals surface area contributed by atoms with Crippen LogP contribution in [-0.2, 0) is 14.3 Å². The van der Waals surface area contributed by atoms with E-state index in [4.69, 9.17) is 9.47 Å². The molecule has 0 radical (unpaired) electrons. The maximum atomic E-state index is 11.9. The molecule has 1 spiro atoms. The summed E-state index contributed by atoms with van der Waals surface area (Å²) in [5, 5.41) is 0. The van der Waals surface area contributed by atoms with Gasteiger partial charge in [0.25, 0.3) is 0 Å². The highest BCUT2D eigenvalue weighted by molar-refractivity contribution is 5.99. The fraction of sp³-hybridized carbons (Fsp3) is 0.643. The van der Waals surface area contributed by atoms with Gasteiger partial charge in [-0.3, -0.25) is 4.79 Å². The SMILES string of the molecule is CC12C=CC13OCOC[C@@H]3CC1=C2CCC1=O. The van der Waals surface area contributed by atoms with Crippen molar-refractivity contribution in [2.45, 2.75) is 31.8 Å². The van der Waals surface area contributed by atoms with Crippen LogP contribution in [0.1, 0.15) is 26.2 Å².